The van der Waals surface area contributed by atoms with E-state index in [2.05, 4.69) is 10.3 Å². The number of likely N-dealkylation sites (tertiary alicyclic amines) is 1. The third-order valence-corrected chi connectivity index (χ3v) is 5.52. The number of hydrogen-bond donors (Lipinski definition) is 1. The Morgan fingerprint density at radius 3 is 2.65 bits per heavy atom. The van der Waals surface area contributed by atoms with Gasteiger partial charge in [0.25, 0.3) is 11.5 Å². The molecule has 1 aliphatic heterocycles. The first-order chi connectivity index (χ1) is 15.0. The number of rotatable bonds is 3. The highest BCUT2D eigenvalue weighted by molar-refractivity contribution is 5.94. The summed E-state index contributed by atoms with van der Waals surface area (Å²) in [6.45, 7) is 1.22. The van der Waals surface area contributed by atoms with Gasteiger partial charge in [-0.25, -0.2) is 4.68 Å². The lowest BCUT2D eigenvalue weighted by atomic mass is 10.1. The molecule has 9 heteroatoms. The highest BCUT2D eigenvalue weighted by Gasteiger charge is 2.24. The van der Waals surface area contributed by atoms with Crippen molar-refractivity contribution >= 4 is 16.8 Å². The summed E-state index contributed by atoms with van der Waals surface area (Å²) in [7, 11) is 0. The smallest absolute Gasteiger partial charge is 0.288 e. The zero-order valence-corrected chi connectivity index (χ0v) is 16.5. The number of fused-ring (bicyclic) bond motifs is 1. The minimum Gasteiger partial charge on any atom is -0.337 e. The fraction of sp³-hybridized carbons (Fsp3) is 0.182. The van der Waals surface area contributed by atoms with Crippen LogP contribution in [0, 0.1) is 0 Å². The Labute approximate surface area is 176 Å². The number of nitrogens with two attached hydrogens (primary N) is 1. The number of halogens is 1. The average Bonchev–Trinajstić information content (AvgIpc) is 3.45. The largest absolute Gasteiger partial charge is 0.337 e. The molecule has 4 aromatic rings. The molecule has 0 unspecified atom stereocenters. The van der Waals surface area contributed by atoms with E-state index in [4.69, 9.17) is 5.73 Å². The van der Waals surface area contributed by atoms with E-state index in [1.807, 2.05) is 0 Å². The summed E-state index contributed by atoms with van der Waals surface area (Å²) in [5, 5.41) is 8.69. The number of benzene rings is 2. The Hall–Kier alpha value is -3.85. The third kappa shape index (κ3) is 3.38. The van der Waals surface area contributed by atoms with Crippen molar-refractivity contribution in [1.82, 2.24) is 24.7 Å². The first-order valence-electron chi connectivity index (χ1n) is 9.90. The maximum Gasteiger partial charge on any atom is 0.288 e. The van der Waals surface area contributed by atoms with Gasteiger partial charge in [-0.1, -0.05) is 27.9 Å². The molecule has 2 aromatic heterocycles. The van der Waals surface area contributed by atoms with E-state index < -0.39 is 5.56 Å². The fourth-order valence-electron chi connectivity index (χ4n) is 3.83. The standard InChI is InChI=1S/C22H19FN6O2/c23-29-20-4-2-1-3-15(20)11-18(22(29)31)19-13-28(26-25-19)17-7-5-14(6-8-17)21(30)27-10-9-16(24)12-27/h1-8,11,13,16H,9-10,12,24H2/t16-/m0/s1. The molecule has 31 heavy (non-hydrogen) atoms. The van der Waals surface area contributed by atoms with Crippen LogP contribution in [-0.4, -0.2) is 49.7 Å². The van der Waals surface area contributed by atoms with Gasteiger partial charge in [-0.3, -0.25) is 9.59 Å². The predicted molar refractivity (Wildman–Crippen MR) is 114 cm³/mol. The Morgan fingerprint density at radius 2 is 1.90 bits per heavy atom. The van der Waals surface area contributed by atoms with Crippen LogP contribution in [0.4, 0.5) is 4.48 Å². The van der Waals surface area contributed by atoms with E-state index in [0.717, 1.165) is 6.42 Å². The summed E-state index contributed by atoms with van der Waals surface area (Å²) in [5.74, 6) is -0.0570. The lowest BCUT2D eigenvalue weighted by molar-refractivity contribution is 0.0791. The molecule has 1 amide bonds. The topological polar surface area (TPSA) is 99.0 Å². The molecule has 2 aromatic carbocycles. The van der Waals surface area contributed by atoms with Gasteiger partial charge in [0, 0.05) is 30.1 Å². The van der Waals surface area contributed by atoms with E-state index >= 15 is 0 Å². The number of pyridine rings is 1. The van der Waals surface area contributed by atoms with Crippen molar-refractivity contribution in [2.75, 3.05) is 13.1 Å². The first-order valence-corrected chi connectivity index (χ1v) is 9.90. The first kappa shape index (κ1) is 19.1. The molecule has 0 radical (unpaired) electrons. The SMILES string of the molecule is N[C@H]1CCN(C(=O)c2ccc(-n3cc(-c4cc5ccccc5n(F)c4=O)nn3)cc2)C1. The maximum atomic E-state index is 14.5. The molecule has 1 fully saturated rings. The fourth-order valence-corrected chi connectivity index (χ4v) is 3.83. The Morgan fingerprint density at radius 1 is 1.13 bits per heavy atom. The molecule has 0 bridgehead atoms. The summed E-state index contributed by atoms with van der Waals surface area (Å²) in [6.07, 6.45) is 2.36. The van der Waals surface area contributed by atoms with Crippen molar-refractivity contribution in [1.29, 1.82) is 0 Å². The van der Waals surface area contributed by atoms with Crippen LogP contribution >= 0.6 is 0 Å². The number of hydrogen-bond acceptors (Lipinski definition) is 5. The molecule has 0 spiro atoms. The van der Waals surface area contributed by atoms with Gasteiger partial charge in [-0.2, -0.15) is 0 Å². The van der Waals surface area contributed by atoms with Crippen LogP contribution in [0.5, 0.6) is 0 Å². The van der Waals surface area contributed by atoms with Crippen LogP contribution < -0.4 is 11.3 Å². The second-order valence-electron chi connectivity index (χ2n) is 7.60. The molecule has 156 valence electrons. The van der Waals surface area contributed by atoms with E-state index in [1.165, 1.54) is 10.7 Å². The zero-order chi connectivity index (χ0) is 21.5. The van der Waals surface area contributed by atoms with Gasteiger partial charge in [-0.15, -0.1) is 9.89 Å². The summed E-state index contributed by atoms with van der Waals surface area (Å²) in [5.41, 5.74) is 6.88. The van der Waals surface area contributed by atoms with Crippen LogP contribution in [0.1, 0.15) is 16.8 Å². The number of aromatic nitrogens is 4. The molecule has 3 heterocycles. The Bertz CT molecular complexity index is 1340. The minimum absolute atomic E-state index is 0.0285. The number of para-hydroxylation sites is 1. The van der Waals surface area contributed by atoms with Crippen molar-refractivity contribution in [3.05, 3.63) is 76.7 Å². The van der Waals surface area contributed by atoms with E-state index in [0.29, 0.717) is 29.7 Å². The van der Waals surface area contributed by atoms with Crippen molar-refractivity contribution in [3.63, 3.8) is 0 Å². The normalized spacial score (nSPS) is 16.2. The Balaban J connectivity index is 1.44. The van der Waals surface area contributed by atoms with Crippen LogP contribution in [0.15, 0.2) is 65.6 Å². The quantitative estimate of drug-likeness (QED) is 0.550. The highest BCUT2D eigenvalue weighted by Crippen LogP contribution is 2.21. The zero-order valence-electron chi connectivity index (χ0n) is 16.5. The molecule has 5 rings (SSSR count). The maximum absolute atomic E-state index is 14.5. The van der Waals surface area contributed by atoms with Gasteiger partial charge in [0.2, 0.25) is 0 Å². The number of carbonyl (C=O) groups excluding carboxylic acids is 1. The van der Waals surface area contributed by atoms with Gasteiger partial charge >= 0.3 is 0 Å². The highest BCUT2D eigenvalue weighted by atomic mass is 19.2. The molecule has 1 aliphatic rings. The van der Waals surface area contributed by atoms with Crippen molar-refractivity contribution < 1.29 is 9.28 Å². The summed E-state index contributed by atoms with van der Waals surface area (Å²) < 4.78 is 15.9. The molecule has 1 saturated heterocycles. The molecule has 8 nitrogen and oxygen atoms in total. The van der Waals surface area contributed by atoms with Crippen molar-refractivity contribution in [2.24, 2.45) is 5.73 Å². The second-order valence-corrected chi connectivity index (χ2v) is 7.60. The van der Waals surface area contributed by atoms with Crippen LogP contribution in [0.3, 0.4) is 0 Å². The molecule has 1 atom stereocenters. The van der Waals surface area contributed by atoms with Crippen molar-refractivity contribution in [3.8, 4) is 16.9 Å². The molecule has 0 aliphatic carbocycles. The van der Waals surface area contributed by atoms with Crippen LogP contribution in [0.25, 0.3) is 27.8 Å². The molecule has 0 saturated carbocycles. The van der Waals surface area contributed by atoms with Crippen molar-refractivity contribution in [2.45, 2.75) is 12.5 Å². The van der Waals surface area contributed by atoms with E-state index in [1.54, 1.807) is 59.6 Å². The summed E-state index contributed by atoms with van der Waals surface area (Å²) in [4.78, 5) is 26.9. The number of amides is 1. The summed E-state index contributed by atoms with van der Waals surface area (Å²) >= 11 is 0. The lowest BCUT2D eigenvalue weighted by Gasteiger charge is -2.15. The molecular weight excluding hydrogens is 399 g/mol. The third-order valence-electron chi connectivity index (χ3n) is 5.52. The minimum atomic E-state index is -0.796. The van der Waals surface area contributed by atoms with Gasteiger partial charge in [0.1, 0.15) is 5.69 Å². The number of carbonyl (C=O) groups is 1. The van der Waals surface area contributed by atoms with Gasteiger partial charge in [0.15, 0.2) is 0 Å². The van der Waals surface area contributed by atoms with Crippen LogP contribution in [0.2, 0.25) is 0 Å². The van der Waals surface area contributed by atoms with Gasteiger partial charge in [0.05, 0.1) is 23.0 Å². The molecular formula is C22H19FN6O2. The average molecular weight is 418 g/mol. The summed E-state index contributed by atoms with van der Waals surface area (Å²) in [6, 6.07) is 15.3. The van der Waals surface area contributed by atoms with Crippen LogP contribution in [-0.2, 0) is 0 Å². The predicted octanol–water partition coefficient (Wildman–Crippen LogP) is 2.15. The van der Waals surface area contributed by atoms with Gasteiger partial charge < -0.3 is 10.6 Å². The van der Waals surface area contributed by atoms with E-state index in [9.17, 15) is 14.1 Å². The monoisotopic (exact) mass is 418 g/mol. The Kier molecular flexibility index (Phi) is 4.59. The second kappa shape index (κ2) is 7.44. The van der Waals surface area contributed by atoms with E-state index in [-0.39, 0.29) is 33.5 Å². The lowest BCUT2D eigenvalue weighted by Crippen LogP contribution is -2.31. The molecule has 2 N–H and O–H groups in total. The van der Waals surface area contributed by atoms with Gasteiger partial charge in [-0.05, 0) is 42.8 Å². The number of nitrogens with zero attached hydrogens (tertiary/aromatic N) is 5.